The van der Waals surface area contributed by atoms with Gasteiger partial charge in [-0.1, -0.05) is 41.9 Å². The molecular weight excluding hydrogens is 526 g/mol. The third kappa shape index (κ3) is 4.10. The van der Waals surface area contributed by atoms with E-state index in [1.165, 1.54) is 28.6 Å². The fraction of sp³-hybridized carbons (Fsp3) is 0.258. The number of nitrogens with zero attached hydrogens (tertiary/aromatic N) is 5. The second kappa shape index (κ2) is 10.0. The molecule has 6 rings (SSSR count). The summed E-state index contributed by atoms with van der Waals surface area (Å²) < 4.78 is 8.39. The van der Waals surface area contributed by atoms with Gasteiger partial charge in [0.1, 0.15) is 11.3 Å². The van der Waals surface area contributed by atoms with E-state index < -0.39 is 0 Å². The minimum Gasteiger partial charge on any atom is -0.495 e. The van der Waals surface area contributed by atoms with Gasteiger partial charge in [-0.25, -0.2) is 0 Å². The molecule has 1 aliphatic rings. The number of piperazine rings is 1. The molecule has 0 bridgehead atoms. The van der Waals surface area contributed by atoms with Crippen LogP contribution in [-0.2, 0) is 7.05 Å². The van der Waals surface area contributed by atoms with E-state index in [9.17, 15) is 9.59 Å². The molecule has 0 spiro atoms. The summed E-state index contributed by atoms with van der Waals surface area (Å²) in [6.07, 6.45) is 0. The first-order valence-corrected chi connectivity index (χ1v) is 13.6. The largest absolute Gasteiger partial charge is 0.495 e. The van der Waals surface area contributed by atoms with Crippen LogP contribution in [0.3, 0.4) is 0 Å². The summed E-state index contributed by atoms with van der Waals surface area (Å²) in [4.78, 5) is 32.2. The zero-order valence-corrected chi connectivity index (χ0v) is 23.7. The second-order valence-electron chi connectivity index (χ2n) is 10.2. The van der Waals surface area contributed by atoms with Gasteiger partial charge in [0.05, 0.1) is 17.8 Å². The van der Waals surface area contributed by atoms with Crippen LogP contribution in [0.25, 0.3) is 27.5 Å². The number of para-hydroxylation sites is 1. The minimum atomic E-state index is -0.328. The number of ether oxygens (including phenoxy) is 1. The zero-order chi connectivity index (χ0) is 28.1. The van der Waals surface area contributed by atoms with Crippen molar-refractivity contribution in [2.75, 3.05) is 38.2 Å². The molecule has 3 heterocycles. The summed E-state index contributed by atoms with van der Waals surface area (Å²) in [6.45, 7) is 6.77. The monoisotopic (exact) mass is 555 g/mol. The van der Waals surface area contributed by atoms with Crippen molar-refractivity contribution in [2.45, 2.75) is 13.8 Å². The van der Waals surface area contributed by atoms with Crippen molar-refractivity contribution < 1.29 is 9.53 Å². The van der Waals surface area contributed by atoms with Crippen LogP contribution in [0.15, 0.2) is 65.5 Å². The van der Waals surface area contributed by atoms with Gasteiger partial charge < -0.3 is 19.1 Å². The first-order valence-electron chi connectivity index (χ1n) is 13.2. The highest BCUT2D eigenvalue weighted by molar-refractivity contribution is 6.32. The Morgan fingerprint density at radius 1 is 0.975 bits per heavy atom. The van der Waals surface area contributed by atoms with E-state index in [-0.39, 0.29) is 17.2 Å². The number of carbonyl (C=O) groups is 1. The van der Waals surface area contributed by atoms with Crippen LogP contribution < -0.4 is 15.2 Å². The van der Waals surface area contributed by atoms with Gasteiger partial charge in [-0.05, 0) is 55.3 Å². The Kier molecular flexibility index (Phi) is 6.50. The average Bonchev–Trinajstić information content (AvgIpc) is 3.27. The van der Waals surface area contributed by atoms with E-state index in [1.807, 2.05) is 40.8 Å². The topological polar surface area (TPSA) is 72.6 Å². The van der Waals surface area contributed by atoms with E-state index in [4.69, 9.17) is 21.4 Å². The zero-order valence-electron chi connectivity index (χ0n) is 22.9. The normalized spacial score (nSPS) is 13.8. The molecule has 0 aliphatic carbocycles. The molecule has 0 radical (unpaired) electrons. The molecule has 0 unspecified atom stereocenters. The molecule has 1 amide bonds. The standard InChI is InChI=1S/C31H30ClN5O3/c1-19-8-7-11-24(20(19)2)35-14-16-36(17-15-35)30(38)28-27-22-9-5-6-10-25(22)34(3)29(27)31(39)37(33-28)21-12-13-26(40-4)23(32)18-21/h5-13,18H,14-17H2,1-4H3. The van der Waals surface area contributed by atoms with E-state index in [1.54, 1.807) is 18.2 Å². The molecule has 204 valence electrons. The predicted octanol–water partition coefficient (Wildman–Crippen LogP) is 5.12. The Bertz CT molecular complexity index is 1850. The average molecular weight is 556 g/mol. The molecular formula is C31H30ClN5O3. The van der Waals surface area contributed by atoms with Crippen molar-refractivity contribution in [2.24, 2.45) is 7.05 Å². The van der Waals surface area contributed by atoms with Gasteiger partial charge in [0, 0.05) is 55.2 Å². The van der Waals surface area contributed by atoms with Gasteiger partial charge in [-0.3, -0.25) is 9.59 Å². The van der Waals surface area contributed by atoms with Crippen LogP contribution in [0.5, 0.6) is 5.75 Å². The highest BCUT2D eigenvalue weighted by atomic mass is 35.5. The Morgan fingerprint density at radius 3 is 2.45 bits per heavy atom. The lowest BCUT2D eigenvalue weighted by Gasteiger charge is -2.37. The summed E-state index contributed by atoms with van der Waals surface area (Å²) >= 11 is 6.40. The second-order valence-corrected chi connectivity index (χ2v) is 10.6. The van der Waals surface area contributed by atoms with Crippen LogP contribution in [0.4, 0.5) is 5.69 Å². The smallest absolute Gasteiger partial charge is 0.296 e. The van der Waals surface area contributed by atoms with E-state index in [0.29, 0.717) is 53.5 Å². The van der Waals surface area contributed by atoms with Gasteiger partial charge in [0.25, 0.3) is 11.5 Å². The SMILES string of the molecule is COc1ccc(-n2nc(C(=O)N3CCN(c4cccc(C)c4C)CC3)c3c4ccccc4n(C)c3c2=O)cc1Cl. The number of hydrogen-bond acceptors (Lipinski definition) is 5. The van der Waals surface area contributed by atoms with Gasteiger partial charge in [-0.2, -0.15) is 9.78 Å². The summed E-state index contributed by atoms with van der Waals surface area (Å²) in [7, 11) is 3.37. The lowest BCUT2D eigenvalue weighted by molar-refractivity contribution is 0.0741. The van der Waals surface area contributed by atoms with Gasteiger partial charge in [0.2, 0.25) is 0 Å². The number of aryl methyl sites for hydroxylation is 2. The lowest BCUT2D eigenvalue weighted by Crippen LogP contribution is -2.49. The molecule has 0 N–H and O–H groups in total. The van der Waals surface area contributed by atoms with E-state index in [2.05, 4.69) is 36.9 Å². The van der Waals surface area contributed by atoms with Crippen molar-refractivity contribution in [3.8, 4) is 11.4 Å². The number of amides is 1. The summed E-state index contributed by atoms with van der Waals surface area (Å²) in [5.41, 5.74) is 5.36. The van der Waals surface area contributed by atoms with Crippen molar-refractivity contribution in [1.82, 2.24) is 19.2 Å². The molecule has 2 aromatic heterocycles. The number of methoxy groups -OCH3 is 1. The van der Waals surface area contributed by atoms with Crippen LogP contribution >= 0.6 is 11.6 Å². The number of carbonyl (C=O) groups excluding carboxylic acids is 1. The number of anilines is 1. The number of halogens is 1. The van der Waals surface area contributed by atoms with Crippen molar-refractivity contribution in [1.29, 1.82) is 0 Å². The molecule has 8 nitrogen and oxygen atoms in total. The Balaban J connectivity index is 1.45. The van der Waals surface area contributed by atoms with Crippen molar-refractivity contribution >= 4 is 45.0 Å². The van der Waals surface area contributed by atoms with Crippen LogP contribution in [0.1, 0.15) is 21.6 Å². The number of benzene rings is 3. The molecule has 9 heteroatoms. The minimum absolute atomic E-state index is 0.199. The number of rotatable bonds is 4. The fourth-order valence-corrected chi connectivity index (χ4v) is 5.92. The fourth-order valence-electron chi connectivity index (χ4n) is 5.67. The maximum absolute atomic E-state index is 14.2. The lowest BCUT2D eigenvalue weighted by atomic mass is 10.1. The molecule has 5 aromatic rings. The number of fused-ring (bicyclic) bond motifs is 3. The van der Waals surface area contributed by atoms with Gasteiger partial charge in [0.15, 0.2) is 5.69 Å². The first-order chi connectivity index (χ1) is 19.3. The maximum atomic E-state index is 14.2. The maximum Gasteiger partial charge on any atom is 0.296 e. The van der Waals surface area contributed by atoms with Crippen molar-refractivity contribution in [3.63, 3.8) is 0 Å². The molecule has 0 atom stereocenters. The molecule has 3 aromatic carbocycles. The third-order valence-electron chi connectivity index (χ3n) is 8.00. The Morgan fingerprint density at radius 2 is 1.73 bits per heavy atom. The summed E-state index contributed by atoms with van der Waals surface area (Å²) in [5, 5.41) is 6.44. The predicted molar refractivity (Wildman–Crippen MR) is 159 cm³/mol. The first kappa shape index (κ1) is 26.0. The Hall–Kier alpha value is -4.30. The highest BCUT2D eigenvalue weighted by Gasteiger charge is 2.29. The molecule has 40 heavy (non-hydrogen) atoms. The van der Waals surface area contributed by atoms with Crippen LogP contribution in [0.2, 0.25) is 5.02 Å². The molecule has 1 fully saturated rings. The van der Waals surface area contributed by atoms with Gasteiger partial charge in [-0.15, -0.1) is 0 Å². The van der Waals surface area contributed by atoms with Crippen molar-refractivity contribution in [3.05, 3.63) is 92.9 Å². The van der Waals surface area contributed by atoms with Gasteiger partial charge >= 0.3 is 0 Å². The molecule has 1 aliphatic heterocycles. The van der Waals surface area contributed by atoms with Crippen LogP contribution in [0, 0.1) is 13.8 Å². The highest BCUT2D eigenvalue weighted by Crippen LogP contribution is 2.31. The quantitative estimate of drug-likeness (QED) is 0.308. The molecule has 0 saturated carbocycles. The number of hydrogen-bond donors (Lipinski definition) is 0. The third-order valence-corrected chi connectivity index (χ3v) is 8.30. The summed E-state index contributed by atoms with van der Waals surface area (Å²) in [6, 6.07) is 19.1. The molecule has 1 saturated heterocycles. The Labute approximate surface area is 236 Å². The summed E-state index contributed by atoms with van der Waals surface area (Å²) in [5.74, 6) is 0.289. The van der Waals surface area contributed by atoms with Crippen LogP contribution in [-0.4, -0.2) is 58.4 Å². The van der Waals surface area contributed by atoms with E-state index >= 15 is 0 Å². The number of aromatic nitrogens is 3. The van der Waals surface area contributed by atoms with E-state index in [0.717, 1.165) is 10.9 Å².